The Morgan fingerprint density at radius 2 is 2.45 bits per heavy atom. The number of nitrogens with zero attached hydrogens (tertiary/aromatic N) is 1. The van der Waals surface area contributed by atoms with Crippen LogP contribution in [0.5, 0.6) is 5.75 Å². The van der Waals surface area contributed by atoms with E-state index in [4.69, 9.17) is 10.5 Å². The smallest absolute Gasteiger partial charge is 0.125 e. The molecular formula is C8H12N2O. The van der Waals surface area contributed by atoms with Crippen LogP contribution in [0.15, 0.2) is 18.5 Å². The van der Waals surface area contributed by atoms with E-state index in [-0.39, 0.29) is 0 Å². The van der Waals surface area contributed by atoms with E-state index in [1.807, 2.05) is 6.07 Å². The van der Waals surface area contributed by atoms with Crippen LogP contribution in [-0.2, 0) is 6.42 Å². The Morgan fingerprint density at radius 1 is 1.64 bits per heavy atom. The second kappa shape index (κ2) is 3.93. The highest BCUT2D eigenvalue weighted by atomic mass is 16.5. The van der Waals surface area contributed by atoms with Crippen molar-refractivity contribution in [1.29, 1.82) is 0 Å². The molecule has 0 amide bonds. The first-order valence-electron chi connectivity index (χ1n) is 3.55. The third-order valence-corrected chi connectivity index (χ3v) is 1.49. The summed E-state index contributed by atoms with van der Waals surface area (Å²) in [7, 11) is 1.65. The largest absolute Gasteiger partial charge is 0.496 e. The number of aromatic nitrogens is 1. The molecule has 60 valence electrons. The normalized spacial score (nSPS) is 9.64. The lowest BCUT2D eigenvalue weighted by atomic mass is 10.2. The van der Waals surface area contributed by atoms with Gasteiger partial charge in [0.15, 0.2) is 0 Å². The summed E-state index contributed by atoms with van der Waals surface area (Å²) in [5.74, 6) is 0.866. The van der Waals surface area contributed by atoms with Crippen molar-refractivity contribution >= 4 is 0 Å². The lowest BCUT2D eigenvalue weighted by Crippen LogP contribution is -2.04. The highest BCUT2D eigenvalue weighted by molar-refractivity contribution is 5.29. The van der Waals surface area contributed by atoms with Crippen LogP contribution in [0.3, 0.4) is 0 Å². The predicted molar refractivity (Wildman–Crippen MR) is 43.5 cm³/mol. The zero-order valence-electron chi connectivity index (χ0n) is 6.58. The van der Waals surface area contributed by atoms with Crippen molar-refractivity contribution in [3.63, 3.8) is 0 Å². The van der Waals surface area contributed by atoms with E-state index < -0.39 is 0 Å². The second-order valence-corrected chi connectivity index (χ2v) is 2.23. The van der Waals surface area contributed by atoms with E-state index >= 15 is 0 Å². The number of hydrogen-bond donors (Lipinski definition) is 1. The summed E-state index contributed by atoms with van der Waals surface area (Å²) in [6, 6.07) is 1.84. The van der Waals surface area contributed by atoms with Crippen LogP contribution >= 0.6 is 0 Å². The van der Waals surface area contributed by atoms with Crippen LogP contribution in [-0.4, -0.2) is 18.6 Å². The first kappa shape index (κ1) is 8.01. The quantitative estimate of drug-likeness (QED) is 0.689. The molecule has 0 aliphatic heterocycles. The number of hydrogen-bond acceptors (Lipinski definition) is 3. The van der Waals surface area contributed by atoms with Gasteiger partial charge in [-0.05, 0) is 19.0 Å². The van der Waals surface area contributed by atoms with Gasteiger partial charge in [-0.3, -0.25) is 4.98 Å². The van der Waals surface area contributed by atoms with E-state index in [1.54, 1.807) is 19.5 Å². The number of nitrogens with two attached hydrogens (primary N) is 1. The molecule has 2 N–H and O–H groups in total. The van der Waals surface area contributed by atoms with Gasteiger partial charge in [-0.15, -0.1) is 0 Å². The maximum atomic E-state index is 5.40. The highest BCUT2D eigenvalue weighted by Gasteiger charge is 1.99. The molecule has 0 aromatic carbocycles. The Kier molecular flexibility index (Phi) is 2.86. The van der Waals surface area contributed by atoms with Gasteiger partial charge in [-0.1, -0.05) is 0 Å². The van der Waals surface area contributed by atoms with Gasteiger partial charge in [-0.25, -0.2) is 0 Å². The molecule has 3 nitrogen and oxygen atoms in total. The Balaban J connectivity index is 2.83. The van der Waals surface area contributed by atoms with Crippen LogP contribution in [0.1, 0.15) is 5.56 Å². The number of rotatable bonds is 3. The van der Waals surface area contributed by atoms with Gasteiger partial charge in [0.2, 0.25) is 0 Å². The Hall–Kier alpha value is -1.09. The minimum atomic E-state index is 0.627. The molecule has 0 spiro atoms. The molecular weight excluding hydrogens is 140 g/mol. The third kappa shape index (κ3) is 1.91. The number of pyridine rings is 1. The molecule has 1 rings (SSSR count). The summed E-state index contributed by atoms with van der Waals surface area (Å²) in [6.07, 6.45) is 4.31. The van der Waals surface area contributed by atoms with Crippen LogP contribution in [0, 0.1) is 0 Å². The molecule has 0 unspecified atom stereocenters. The van der Waals surface area contributed by atoms with Gasteiger partial charge in [0, 0.05) is 18.0 Å². The average Bonchev–Trinajstić information content (AvgIpc) is 2.06. The van der Waals surface area contributed by atoms with Gasteiger partial charge in [0.05, 0.1) is 7.11 Å². The number of ether oxygens (including phenoxy) is 1. The zero-order valence-corrected chi connectivity index (χ0v) is 6.58. The fraction of sp³-hybridized carbons (Fsp3) is 0.375. The molecule has 0 radical (unpaired) electrons. The van der Waals surface area contributed by atoms with Gasteiger partial charge in [-0.2, -0.15) is 0 Å². The summed E-state index contributed by atoms with van der Waals surface area (Å²) in [5.41, 5.74) is 6.47. The van der Waals surface area contributed by atoms with Crippen molar-refractivity contribution in [3.05, 3.63) is 24.0 Å². The summed E-state index contributed by atoms with van der Waals surface area (Å²) in [5, 5.41) is 0. The van der Waals surface area contributed by atoms with E-state index in [2.05, 4.69) is 4.98 Å². The van der Waals surface area contributed by atoms with Gasteiger partial charge >= 0.3 is 0 Å². The standard InChI is InChI=1S/C8H12N2O/c1-11-8-3-5-10-6-7(8)2-4-9/h3,5-6H,2,4,9H2,1H3. The monoisotopic (exact) mass is 152 g/mol. The van der Waals surface area contributed by atoms with Crippen LogP contribution in [0.2, 0.25) is 0 Å². The average molecular weight is 152 g/mol. The highest BCUT2D eigenvalue weighted by Crippen LogP contribution is 2.15. The minimum Gasteiger partial charge on any atom is -0.496 e. The lowest BCUT2D eigenvalue weighted by molar-refractivity contribution is 0.409. The molecule has 1 aromatic heterocycles. The van der Waals surface area contributed by atoms with E-state index in [0.717, 1.165) is 17.7 Å². The molecule has 0 saturated heterocycles. The maximum absolute atomic E-state index is 5.40. The fourth-order valence-corrected chi connectivity index (χ4v) is 0.957. The van der Waals surface area contributed by atoms with Crippen LogP contribution in [0.4, 0.5) is 0 Å². The fourth-order valence-electron chi connectivity index (χ4n) is 0.957. The van der Waals surface area contributed by atoms with Crippen LogP contribution < -0.4 is 10.5 Å². The minimum absolute atomic E-state index is 0.627. The molecule has 0 saturated carbocycles. The summed E-state index contributed by atoms with van der Waals surface area (Å²) in [4.78, 5) is 3.98. The summed E-state index contributed by atoms with van der Waals surface area (Å²) < 4.78 is 5.10. The molecule has 11 heavy (non-hydrogen) atoms. The third-order valence-electron chi connectivity index (χ3n) is 1.49. The first-order valence-corrected chi connectivity index (χ1v) is 3.55. The maximum Gasteiger partial charge on any atom is 0.125 e. The zero-order chi connectivity index (χ0) is 8.10. The van der Waals surface area contributed by atoms with Gasteiger partial charge in [0.1, 0.15) is 5.75 Å². The molecule has 1 heterocycles. The Bertz CT molecular complexity index is 225. The summed E-state index contributed by atoms with van der Waals surface area (Å²) >= 11 is 0. The van der Waals surface area contributed by atoms with Crippen molar-refractivity contribution in [2.24, 2.45) is 5.73 Å². The van der Waals surface area contributed by atoms with E-state index in [0.29, 0.717) is 6.54 Å². The Labute approximate surface area is 66.2 Å². The Morgan fingerprint density at radius 3 is 3.09 bits per heavy atom. The SMILES string of the molecule is COc1ccncc1CCN. The summed E-state index contributed by atoms with van der Waals surface area (Å²) in [6.45, 7) is 0.627. The predicted octanol–water partition coefficient (Wildman–Crippen LogP) is 0.591. The van der Waals surface area contributed by atoms with Crippen molar-refractivity contribution in [1.82, 2.24) is 4.98 Å². The molecule has 1 aromatic rings. The molecule has 0 fully saturated rings. The van der Waals surface area contributed by atoms with Crippen molar-refractivity contribution in [2.45, 2.75) is 6.42 Å². The second-order valence-electron chi connectivity index (χ2n) is 2.23. The lowest BCUT2D eigenvalue weighted by Gasteiger charge is -2.04. The molecule has 3 heteroatoms. The topological polar surface area (TPSA) is 48.1 Å². The molecule has 0 aliphatic rings. The van der Waals surface area contributed by atoms with Crippen molar-refractivity contribution < 1.29 is 4.74 Å². The van der Waals surface area contributed by atoms with Crippen LogP contribution in [0.25, 0.3) is 0 Å². The van der Waals surface area contributed by atoms with Gasteiger partial charge < -0.3 is 10.5 Å². The van der Waals surface area contributed by atoms with Crippen molar-refractivity contribution in [3.8, 4) is 5.75 Å². The van der Waals surface area contributed by atoms with E-state index in [9.17, 15) is 0 Å². The van der Waals surface area contributed by atoms with Gasteiger partial charge in [0.25, 0.3) is 0 Å². The molecule has 0 atom stereocenters. The van der Waals surface area contributed by atoms with Crippen molar-refractivity contribution in [2.75, 3.05) is 13.7 Å². The first-order chi connectivity index (χ1) is 5.38. The molecule has 0 aliphatic carbocycles. The number of methoxy groups -OCH3 is 1. The molecule has 0 bridgehead atoms. The van der Waals surface area contributed by atoms with E-state index in [1.165, 1.54) is 0 Å².